The number of unbranched alkanes of at least 4 members (excludes halogenated alkanes) is 2. The van der Waals surface area contributed by atoms with E-state index < -0.39 is 5.60 Å². The number of hydrogen-bond acceptors (Lipinski definition) is 1. The van der Waals surface area contributed by atoms with Crippen molar-refractivity contribution in [1.29, 1.82) is 0 Å². The molecule has 2 heteroatoms. The number of hydrogen-bond donors (Lipinski definition) is 1. The Morgan fingerprint density at radius 3 is 2.38 bits per heavy atom. The van der Waals surface area contributed by atoms with Crippen molar-refractivity contribution >= 4 is 15.9 Å². The van der Waals surface area contributed by atoms with Gasteiger partial charge in [0, 0.05) is 10.9 Å². The van der Waals surface area contributed by atoms with Crippen molar-refractivity contribution in [3.63, 3.8) is 0 Å². The molecule has 1 aromatic carbocycles. The van der Waals surface area contributed by atoms with E-state index in [1.54, 1.807) is 0 Å². The summed E-state index contributed by atoms with van der Waals surface area (Å²) in [4.78, 5) is 0. The molecule has 1 nitrogen and oxygen atoms in total. The number of aliphatic hydroxyl groups is 1. The lowest BCUT2D eigenvalue weighted by Crippen LogP contribution is -2.26. The molecule has 0 bridgehead atoms. The summed E-state index contributed by atoms with van der Waals surface area (Å²) in [5.41, 5.74) is 0.632. The van der Waals surface area contributed by atoms with Gasteiger partial charge in [-0.2, -0.15) is 0 Å². The number of halogens is 1. The Kier molecular flexibility index (Phi) is 5.50. The van der Waals surface area contributed by atoms with Crippen LogP contribution < -0.4 is 0 Å². The van der Waals surface area contributed by atoms with Crippen molar-refractivity contribution in [2.45, 2.75) is 51.6 Å². The van der Waals surface area contributed by atoms with Crippen LogP contribution in [-0.2, 0) is 6.42 Å². The Bertz CT molecular complexity index is 303. The Labute approximate surface area is 107 Å². The van der Waals surface area contributed by atoms with Crippen LogP contribution in [0.5, 0.6) is 0 Å². The lowest BCUT2D eigenvalue weighted by molar-refractivity contribution is 0.0486. The Balaban J connectivity index is 2.48. The zero-order valence-corrected chi connectivity index (χ0v) is 11.8. The van der Waals surface area contributed by atoms with Gasteiger partial charge in [-0.3, -0.25) is 0 Å². The summed E-state index contributed by atoms with van der Waals surface area (Å²) in [6.45, 7) is 4.12. The molecule has 0 saturated carbocycles. The maximum Gasteiger partial charge on any atom is 0.0660 e. The van der Waals surface area contributed by atoms with Gasteiger partial charge in [0.15, 0.2) is 0 Å². The van der Waals surface area contributed by atoms with E-state index in [9.17, 15) is 5.11 Å². The summed E-state index contributed by atoms with van der Waals surface area (Å²) < 4.78 is 1.09. The van der Waals surface area contributed by atoms with E-state index in [-0.39, 0.29) is 0 Å². The molecule has 16 heavy (non-hydrogen) atoms. The van der Waals surface area contributed by atoms with Gasteiger partial charge in [-0.1, -0.05) is 54.2 Å². The van der Waals surface area contributed by atoms with E-state index in [1.807, 2.05) is 19.1 Å². The molecule has 0 aliphatic heterocycles. The maximum absolute atomic E-state index is 10.3. The van der Waals surface area contributed by atoms with Crippen LogP contribution in [0.3, 0.4) is 0 Å². The molecule has 0 aliphatic carbocycles. The first-order valence-electron chi connectivity index (χ1n) is 6.00. The summed E-state index contributed by atoms with van der Waals surface area (Å²) in [6.07, 6.45) is 5.14. The smallest absolute Gasteiger partial charge is 0.0660 e. The van der Waals surface area contributed by atoms with Crippen LogP contribution in [0, 0.1) is 0 Å². The van der Waals surface area contributed by atoms with Crippen LogP contribution in [0.2, 0.25) is 0 Å². The lowest BCUT2D eigenvalue weighted by atomic mass is 9.91. The Morgan fingerprint density at radius 1 is 1.19 bits per heavy atom. The summed E-state index contributed by atoms with van der Waals surface area (Å²) in [6, 6.07) is 8.19. The van der Waals surface area contributed by atoms with Gasteiger partial charge in [-0.15, -0.1) is 0 Å². The molecule has 0 saturated heterocycles. The maximum atomic E-state index is 10.3. The van der Waals surface area contributed by atoms with Crippen LogP contribution in [0.1, 0.15) is 45.1 Å². The van der Waals surface area contributed by atoms with Crippen LogP contribution in [0.15, 0.2) is 28.7 Å². The molecule has 0 amide bonds. The topological polar surface area (TPSA) is 20.2 Å². The van der Waals surface area contributed by atoms with Crippen LogP contribution in [0.4, 0.5) is 0 Å². The highest BCUT2D eigenvalue weighted by atomic mass is 79.9. The fourth-order valence-electron chi connectivity index (χ4n) is 1.89. The fraction of sp³-hybridized carbons (Fsp3) is 0.571. The third-order valence-electron chi connectivity index (χ3n) is 2.82. The van der Waals surface area contributed by atoms with E-state index in [4.69, 9.17) is 0 Å². The minimum absolute atomic E-state index is 0.566. The van der Waals surface area contributed by atoms with Crippen molar-refractivity contribution in [2.24, 2.45) is 0 Å². The molecule has 0 heterocycles. The third-order valence-corrected chi connectivity index (χ3v) is 3.35. The first kappa shape index (κ1) is 13.7. The average molecular weight is 285 g/mol. The first-order chi connectivity index (χ1) is 7.53. The summed E-state index contributed by atoms with van der Waals surface area (Å²) in [7, 11) is 0. The van der Waals surface area contributed by atoms with Crippen molar-refractivity contribution < 1.29 is 5.11 Å². The van der Waals surface area contributed by atoms with Crippen molar-refractivity contribution in [1.82, 2.24) is 0 Å². The average Bonchev–Trinajstić information content (AvgIpc) is 2.21. The molecule has 1 atom stereocenters. The first-order valence-corrected chi connectivity index (χ1v) is 6.79. The quantitative estimate of drug-likeness (QED) is 0.772. The normalized spacial score (nSPS) is 14.8. The van der Waals surface area contributed by atoms with Gasteiger partial charge in [-0.25, -0.2) is 0 Å². The molecule has 1 rings (SSSR count). The molecule has 0 aliphatic rings. The van der Waals surface area contributed by atoms with Crippen molar-refractivity contribution in [2.75, 3.05) is 0 Å². The van der Waals surface area contributed by atoms with Gasteiger partial charge in [0.2, 0.25) is 0 Å². The minimum Gasteiger partial charge on any atom is -0.390 e. The zero-order valence-electron chi connectivity index (χ0n) is 10.2. The molecule has 0 radical (unpaired) electrons. The lowest BCUT2D eigenvalue weighted by Gasteiger charge is -2.23. The van der Waals surface area contributed by atoms with Gasteiger partial charge >= 0.3 is 0 Å². The second kappa shape index (κ2) is 6.41. The van der Waals surface area contributed by atoms with E-state index in [0.717, 1.165) is 23.7 Å². The molecule has 0 fully saturated rings. The molecule has 0 aromatic heterocycles. The molecular weight excluding hydrogens is 264 g/mol. The van der Waals surface area contributed by atoms with Gasteiger partial charge < -0.3 is 5.11 Å². The largest absolute Gasteiger partial charge is 0.390 e. The molecule has 1 aromatic rings. The third kappa shape index (κ3) is 5.13. The van der Waals surface area contributed by atoms with Gasteiger partial charge in [0.1, 0.15) is 0 Å². The Morgan fingerprint density at radius 2 is 1.81 bits per heavy atom. The summed E-state index contributed by atoms with van der Waals surface area (Å²) >= 11 is 3.41. The highest BCUT2D eigenvalue weighted by Crippen LogP contribution is 2.21. The van der Waals surface area contributed by atoms with E-state index >= 15 is 0 Å². The van der Waals surface area contributed by atoms with Crippen LogP contribution in [-0.4, -0.2) is 10.7 Å². The number of rotatable bonds is 6. The van der Waals surface area contributed by atoms with Crippen LogP contribution >= 0.6 is 15.9 Å². The van der Waals surface area contributed by atoms with Gasteiger partial charge in [0.05, 0.1) is 5.60 Å². The molecule has 90 valence electrons. The zero-order chi connectivity index (χ0) is 12.0. The summed E-state index contributed by atoms with van der Waals surface area (Å²) in [5, 5.41) is 10.3. The molecular formula is C14H21BrO. The second-order valence-electron chi connectivity index (χ2n) is 4.76. The van der Waals surface area contributed by atoms with Crippen molar-refractivity contribution in [3.05, 3.63) is 34.3 Å². The Hall–Kier alpha value is -0.340. The minimum atomic E-state index is -0.566. The molecule has 1 N–H and O–H groups in total. The molecule has 0 spiro atoms. The van der Waals surface area contributed by atoms with E-state index in [2.05, 4.69) is 35.0 Å². The van der Waals surface area contributed by atoms with E-state index in [0.29, 0.717) is 0 Å². The van der Waals surface area contributed by atoms with Gasteiger partial charge in [-0.05, 0) is 31.0 Å². The monoisotopic (exact) mass is 284 g/mol. The number of benzene rings is 1. The predicted molar refractivity (Wildman–Crippen MR) is 72.6 cm³/mol. The van der Waals surface area contributed by atoms with E-state index in [1.165, 1.54) is 18.4 Å². The SMILES string of the molecule is CCCCCC(C)(O)Cc1ccc(Br)cc1. The highest BCUT2D eigenvalue weighted by Gasteiger charge is 2.19. The van der Waals surface area contributed by atoms with Gasteiger partial charge in [0.25, 0.3) is 0 Å². The standard InChI is InChI=1S/C14H21BrO/c1-3-4-5-10-14(2,16)11-12-6-8-13(15)9-7-12/h6-9,16H,3-5,10-11H2,1-2H3. The van der Waals surface area contributed by atoms with Crippen molar-refractivity contribution in [3.8, 4) is 0 Å². The second-order valence-corrected chi connectivity index (χ2v) is 5.67. The highest BCUT2D eigenvalue weighted by molar-refractivity contribution is 9.10. The summed E-state index contributed by atoms with van der Waals surface area (Å²) in [5.74, 6) is 0. The van der Waals surface area contributed by atoms with Crippen LogP contribution in [0.25, 0.3) is 0 Å². The predicted octanol–water partition coefficient (Wildman–Crippen LogP) is 4.32. The molecule has 1 unspecified atom stereocenters. The fourth-order valence-corrected chi connectivity index (χ4v) is 2.15.